The van der Waals surface area contributed by atoms with Crippen LogP contribution in [0.2, 0.25) is 0 Å². The summed E-state index contributed by atoms with van der Waals surface area (Å²) in [5, 5.41) is 3.47. The number of piperazine rings is 1. The Bertz CT molecular complexity index is 722. The van der Waals surface area contributed by atoms with Gasteiger partial charge in [-0.3, -0.25) is 4.99 Å². The number of pyridine rings is 2. The number of nitrogens with zero attached hydrogens (tertiary/aromatic N) is 6. The lowest BCUT2D eigenvalue weighted by Crippen LogP contribution is -2.52. The van der Waals surface area contributed by atoms with Crippen LogP contribution in [0.3, 0.4) is 0 Å². The van der Waals surface area contributed by atoms with Gasteiger partial charge in [0.25, 0.3) is 0 Å². The van der Waals surface area contributed by atoms with Crippen LogP contribution < -0.4 is 15.1 Å². The number of aromatic nitrogens is 2. The lowest BCUT2D eigenvalue weighted by Gasteiger charge is -2.37. The molecule has 7 heteroatoms. The number of aliphatic imine (C=N–C) groups is 1. The molecule has 3 rings (SSSR count). The van der Waals surface area contributed by atoms with Crippen molar-refractivity contribution < 1.29 is 0 Å². The first kappa shape index (κ1) is 18.0. The van der Waals surface area contributed by atoms with E-state index in [0.717, 1.165) is 50.3 Å². The van der Waals surface area contributed by atoms with E-state index in [4.69, 9.17) is 0 Å². The van der Waals surface area contributed by atoms with Crippen LogP contribution >= 0.6 is 0 Å². The van der Waals surface area contributed by atoms with Gasteiger partial charge in [-0.1, -0.05) is 6.07 Å². The molecule has 0 aliphatic carbocycles. The molecule has 1 N–H and O–H groups in total. The normalized spacial score (nSPS) is 15.1. The summed E-state index contributed by atoms with van der Waals surface area (Å²) < 4.78 is 0. The maximum atomic E-state index is 4.45. The molecule has 1 saturated heterocycles. The van der Waals surface area contributed by atoms with E-state index >= 15 is 0 Å². The molecule has 0 saturated carbocycles. The summed E-state index contributed by atoms with van der Waals surface area (Å²) in [6.07, 6.45) is 3.69. The maximum Gasteiger partial charge on any atom is 0.194 e. The number of anilines is 2. The predicted molar refractivity (Wildman–Crippen MR) is 107 cm³/mol. The van der Waals surface area contributed by atoms with Crippen LogP contribution in [-0.2, 0) is 6.54 Å². The maximum absolute atomic E-state index is 4.45. The first-order valence-electron chi connectivity index (χ1n) is 8.91. The number of nitrogens with one attached hydrogen (secondary N) is 1. The van der Waals surface area contributed by atoms with Crippen LogP contribution in [0, 0.1) is 0 Å². The summed E-state index contributed by atoms with van der Waals surface area (Å²) in [7, 11) is 5.84. The van der Waals surface area contributed by atoms with Crippen LogP contribution in [0.25, 0.3) is 0 Å². The van der Waals surface area contributed by atoms with E-state index in [1.807, 2.05) is 56.6 Å². The Hall–Kier alpha value is -2.83. The first-order valence-corrected chi connectivity index (χ1v) is 8.91. The molecule has 7 nitrogen and oxygen atoms in total. The Kier molecular flexibility index (Phi) is 5.88. The number of hydrogen-bond donors (Lipinski definition) is 1. The minimum absolute atomic E-state index is 0.733. The fourth-order valence-corrected chi connectivity index (χ4v) is 3.02. The van der Waals surface area contributed by atoms with Gasteiger partial charge in [0.1, 0.15) is 11.6 Å². The second-order valence-electron chi connectivity index (χ2n) is 6.48. The largest absolute Gasteiger partial charge is 0.363 e. The fourth-order valence-electron chi connectivity index (χ4n) is 3.02. The number of hydrogen-bond acceptors (Lipinski definition) is 5. The zero-order valence-electron chi connectivity index (χ0n) is 15.8. The summed E-state index contributed by atoms with van der Waals surface area (Å²) in [6.45, 7) is 4.47. The summed E-state index contributed by atoms with van der Waals surface area (Å²) in [5.74, 6) is 2.94. The monoisotopic (exact) mass is 353 g/mol. The first-order chi connectivity index (χ1) is 12.7. The third-order valence-electron chi connectivity index (χ3n) is 4.48. The second kappa shape index (κ2) is 8.51. The van der Waals surface area contributed by atoms with Gasteiger partial charge in [-0.15, -0.1) is 0 Å². The van der Waals surface area contributed by atoms with Crippen LogP contribution in [0.15, 0.2) is 47.7 Å². The van der Waals surface area contributed by atoms with Crippen molar-refractivity contribution in [2.24, 2.45) is 4.99 Å². The molecule has 0 amide bonds. The lowest BCUT2D eigenvalue weighted by atomic mass is 10.2. The minimum atomic E-state index is 0.733. The molecule has 1 aliphatic rings. The van der Waals surface area contributed by atoms with Crippen LogP contribution in [0.1, 0.15) is 5.56 Å². The van der Waals surface area contributed by atoms with Crippen molar-refractivity contribution in [2.45, 2.75) is 6.54 Å². The fraction of sp³-hybridized carbons (Fsp3) is 0.421. The summed E-state index contributed by atoms with van der Waals surface area (Å²) in [5.41, 5.74) is 1.19. The molecule has 138 valence electrons. The average molecular weight is 353 g/mol. The molecule has 2 aromatic heterocycles. The van der Waals surface area contributed by atoms with Gasteiger partial charge in [0, 0.05) is 66.3 Å². The molecule has 2 aromatic rings. The molecule has 3 heterocycles. The predicted octanol–water partition coefficient (Wildman–Crippen LogP) is 1.44. The Morgan fingerprint density at radius 3 is 2.58 bits per heavy atom. The highest BCUT2D eigenvalue weighted by molar-refractivity contribution is 5.80. The van der Waals surface area contributed by atoms with Crippen molar-refractivity contribution in [2.75, 3.05) is 57.1 Å². The Labute approximate surface area is 155 Å². The van der Waals surface area contributed by atoms with Gasteiger partial charge in [0.2, 0.25) is 0 Å². The van der Waals surface area contributed by atoms with Crippen molar-refractivity contribution in [1.29, 1.82) is 0 Å². The van der Waals surface area contributed by atoms with Crippen molar-refractivity contribution >= 4 is 17.6 Å². The topological polar surface area (TPSA) is 59.9 Å². The molecular formula is C19H27N7. The van der Waals surface area contributed by atoms with Gasteiger partial charge >= 0.3 is 0 Å². The highest BCUT2D eigenvalue weighted by atomic mass is 15.4. The number of guanidine groups is 1. The van der Waals surface area contributed by atoms with Gasteiger partial charge in [-0.2, -0.15) is 0 Å². The van der Waals surface area contributed by atoms with Crippen LogP contribution in [0.4, 0.5) is 11.6 Å². The average Bonchev–Trinajstić information content (AvgIpc) is 2.70. The SMILES string of the molecule is CN=C(NCc1ccnc(N(C)C)c1)N1CCN(c2ccccn2)CC1. The molecule has 0 spiro atoms. The van der Waals surface area contributed by atoms with E-state index in [0.29, 0.717) is 0 Å². The summed E-state index contributed by atoms with van der Waals surface area (Å²) in [4.78, 5) is 19.9. The van der Waals surface area contributed by atoms with E-state index in [1.54, 1.807) is 0 Å². The zero-order valence-corrected chi connectivity index (χ0v) is 15.8. The van der Waals surface area contributed by atoms with Gasteiger partial charge in [-0.05, 0) is 29.8 Å². The van der Waals surface area contributed by atoms with E-state index in [9.17, 15) is 0 Å². The third-order valence-corrected chi connectivity index (χ3v) is 4.48. The molecule has 0 aromatic carbocycles. The van der Waals surface area contributed by atoms with Gasteiger partial charge in [0.15, 0.2) is 5.96 Å². The van der Waals surface area contributed by atoms with Crippen molar-refractivity contribution in [1.82, 2.24) is 20.2 Å². The Morgan fingerprint density at radius 2 is 1.92 bits per heavy atom. The van der Waals surface area contributed by atoms with Gasteiger partial charge in [-0.25, -0.2) is 9.97 Å². The van der Waals surface area contributed by atoms with Crippen molar-refractivity contribution in [3.63, 3.8) is 0 Å². The Balaban J connectivity index is 1.55. The number of rotatable bonds is 4. The van der Waals surface area contributed by atoms with E-state index in [1.165, 1.54) is 5.56 Å². The molecule has 0 unspecified atom stereocenters. The van der Waals surface area contributed by atoms with E-state index < -0.39 is 0 Å². The molecule has 0 bridgehead atoms. The summed E-state index contributed by atoms with van der Waals surface area (Å²) in [6, 6.07) is 10.2. The Morgan fingerprint density at radius 1 is 1.12 bits per heavy atom. The van der Waals surface area contributed by atoms with Crippen LogP contribution in [-0.4, -0.2) is 68.1 Å². The van der Waals surface area contributed by atoms with Gasteiger partial charge in [0.05, 0.1) is 0 Å². The van der Waals surface area contributed by atoms with Gasteiger partial charge < -0.3 is 20.0 Å². The molecule has 1 aliphatic heterocycles. The van der Waals surface area contributed by atoms with Crippen LogP contribution in [0.5, 0.6) is 0 Å². The third kappa shape index (κ3) is 4.41. The molecule has 0 atom stereocenters. The highest BCUT2D eigenvalue weighted by Crippen LogP contribution is 2.13. The molecule has 1 fully saturated rings. The zero-order chi connectivity index (χ0) is 18.4. The summed E-state index contributed by atoms with van der Waals surface area (Å²) >= 11 is 0. The standard InChI is InChI=1S/C19H27N7/c1-20-19(23-15-16-7-9-22-18(14-16)24(2)3)26-12-10-25(11-13-26)17-6-4-5-8-21-17/h4-9,14H,10-13,15H2,1-3H3,(H,20,23). The quantitative estimate of drug-likeness (QED) is 0.663. The minimum Gasteiger partial charge on any atom is -0.363 e. The van der Waals surface area contributed by atoms with E-state index in [-0.39, 0.29) is 0 Å². The molecule has 26 heavy (non-hydrogen) atoms. The highest BCUT2D eigenvalue weighted by Gasteiger charge is 2.20. The smallest absolute Gasteiger partial charge is 0.194 e. The van der Waals surface area contributed by atoms with Crippen molar-refractivity contribution in [3.8, 4) is 0 Å². The second-order valence-corrected chi connectivity index (χ2v) is 6.48. The van der Waals surface area contributed by atoms with Crippen molar-refractivity contribution in [3.05, 3.63) is 48.3 Å². The molecular weight excluding hydrogens is 326 g/mol. The van der Waals surface area contributed by atoms with E-state index in [2.05, 4.69) is 42.2 Å². The molecule has 0 radical (unpaired) electrons. The lowest BCUT2D eigenvalue weighted by molar-refractivity contribution is 0.371.